The molecule has 0 saturated carbocycles. The summed E-state index contributed by atoms with van der Waals surface area (Å²) in [6.45, 7) is 0.237. The van der Waals surface area contributed by atoms with Gasteiger partial charge in [-0.2, -0.15) is 5.26 Å². The Labute approximate surface area is 123 Å². The van der Waals surface area contributed by atoms with Gasteiger partial charge in [0.1, 0.15) is 23.2 Å². The molecule has 0 unspecified atom stereocenters. The topological polar surface area (TPSA) is 79.2 Å². The van der Waals surface area contributed by atoms with Gasteiger partial charge in [0.05, 0.1) is 12.8 Å². The van der Waals surface area contributed by atoms with Gasteiger partial charge >= 0.3 is 0 Å². The predicted octanol–water partition coefficient (Wildman–Crippen LogP) is 2.70. The van der Waals surface area contributed by atoms with Gasteiger partial charge in [-0.3, -0.25) is 4.79 Å². The summed E-state index contributed by atoms with van der Waals surface area (Å²) in [6.07, 6.45) is 2.92. The molecule has 0 saturated heterocycles. The lowest BCUT2D eigenvalue weighted by Crippen LogP contribution is -2.23. The van der Waals surface area contributed by atoms with Gasteiger partial charge in [0, 0.05) is 6.08 Å². The molecule has 5 nitrogen and oxygen atoms in total. The predicted molar refractivity (Wildman–Crippen MR) is 75.6 cm³/mol. The summed E-state index contributed by atoms with van der Waals surface area (Å²) in [4.78, 5) is 11.8. The summed E-state index contributed by atoms with van der Waals surface area (Å²) in [5.41, 5.74) is -0.0164. The number of nitrogens with zero attached hydrogens (tertiary/aromatic N) is 1. The van der Waals surface area contributed by atoms with E-state index in [0.717, 1.165) is 0 Å². The van der Waals surface area contributed by atoms with Crippen LogP contribution in [0.4, 0.5) is 0 Å². The molecule has 2 rings (SSSR count). The number of rotatable bonds is 4. The molecule has 0 aliphatic heterocycles. The fourth-order valence-corrected chi connectivity index (χ4v) is 1.81. The second kappa shape index (κ2) is 6.24. The SMILES string of the molecule is N#C/C(=C\c1ccc(I)o1)C(=O)NCc1ccco1. The normalized spacial score (nSPS) is 11.1. The van der Waals surface area contributed by atoms with Gasteiger partial charge in [-0.15, -0.1) is 0 Å². The lowest BCUT2D eigenvalue weighted by molar-refractivity contribution is -0.117. The molecule has 0 atom stereocenters. The fraction of sp³-hybridized carbons (Fsp3) is 0.0769. The van der Waals surface area contributed by atoms with Crippen LogP contribution in [0.1, 0.15) is 11.5 Å². The minimum Gasteiger partial charge on any atom is -0.467 e. The Morgan fingerprint density at radius 1 is 1.47 bits per heavy atom. The molecule has 96 valence electrons. The first-order valence-electron chi connectivity index (χ1n) is 5.37. The van der Waals surface area contributed by atoms with Gasteiger partial charge in [0.25, 0.3) is 5.91 Å². The van der Waals surface area contributed by atoms with Crippen LogP contribution in [-0.2, 0) is 11.3 Å². The molecule has 0 aliphatic rings. The number of carbonyl (C=O) groups excluding carboxylic acids is 1. The van der Waals surface area contributed by atoms with Crippen molar-refractivity contribution in [3.8, 4) is 6.07 Å². The highest BCUT2D eigenvalue weighted by Crippen LogP contribution is 2.13. The zero-order chi connectivity index (χ0) is 13.7. The van der Waals surface area contributed by atoms with Crippen LogP contribution in [0.15, 0.2) is 44.9 Å². The van der Waals surface area contributed by atoms with Crippen molar-refractivity contribution in [3.63, 3.8) is 0 Å². The highest BCUT2D eigenvalue weighted by molar-refractivity contribution is 14.1. The number of amides is 1. The van der Waals surface area contributed by atoms with E-state index in [4.69, 9.17) is 14.1 Å². The average molecular weight is 368 g/mol. The van der Waals surface area contributed by atoms with Crippen molar-refractivity contribution >= 4 is 34.6 Å². The molecular formula is C13H9IN2O3. The van der Waals surface area contributed by atoms with Crippen LogP contribution in [0.25, 0.3) is 6.08 Å². The fourth-order valence-electron chi connectivity index (χ4n) is 1.37. The van der Waals surface area contributed by atoms with Crippen LogP contribution in [0, 0.1) is 15.1 Å². The largest absolute Gasteiger partial charge is 0.467 e. The smallest absolute Gasteiger partial charge is 0.262 e. The molecule has 19 heavy (non-hydrogen) atoms. The number of carbonyl (C=O) groups is 1. The number of nitriles is 1. The van der Waals surface area contributed by atoms with Crippen molar-refractivity contribution in [1.29, 1.82) is 5.26 Å². The lowest BCUT2D eigenvalue weighted by Gasteiger charge is -2.01. The van der Waals surface area contributed by atoms with Crippen LogP contribution < -0.4 is 5.32 Å². The molecule has 0 bridgehead atoms. The monoisotopic (exact) mass is 368 g/mol. The number of hydrogen-bond donors (Lipinski definition) is 1. The van der Waals surface area contributed by atoms with Gasteiger partial charge < -0.3 is 14.2 Å². The van der Waals surface area contributed by atoms with Crippen molar-refractivity contribution < 1.29 is 13.6 Å². The Kier molecular flexibility index (Phi) is 4.41. The molecule has 6 heteroatoms. The maximum absolute atomic E-state index is 11.8. The van der Waals surface area contributed by atoms with E-state index in [1.165, 1.54) is 12.3 Å². The van der Waals surface area contributed by atoms with E-state index in [1.807, 2.05) is 28.7 Å². The second-order valence-electron chi connectivity index (χ2n) is 3.57. The van der Waals surface area contributed by atoms with E-state index in [2.05, 4.69) is 5.32 Å². The minimum absolute atomic E-state index is 0.0164. The Hall–Kier alpha value is -2.01. The Morgan fingerprint density at radius 3 is 2.89 bits per heavy atom. The molecule has 0 aromatic carbocycles. The highest BCUT2D eigenvalue weighted by Gasteiger charge is 2.10. The van der Waals surface area contributed by atoms with E-state index < -0.39 is 5.91 Å². The first kappa shape index (κ1) is 13.4. The second-order valence-corrected chi connectivity index (χ2v) is 4.64. The van der Waals surface area contributed by atoms with Crippen molar-refractivity contribution in [2.75, 3.05) is 0 Å². The summed E-state index contributed by atoms with van der Waals surface area (Å²) < 4.78 is 11.1. The number of halogens is 1. The molecule has 1 N–H and O–H groups in total. The van der Waals surface area contributed by atoms with Gasteiger partial charge in [0.15, 0.2) is 3.77 Å². The van der Waals surface area contributed by atoms with Crippen molar-refractivity contribution in [2.24, 2.45) is 0 Å². The van der Waals surface area contributed by atoms with E-state index in [0.29, 0.717) is 15.3 Å². The first-order valence-corrected chi connectivity index (χ1v) is 6.44. The Balaban J connectivity index is 2.03. The third kappa shape index (κ3) is 3.72. The molecule has 1 amide bonds. The first-order chi connectivity index (χ1) is 9.19. The highest BCUT2D eigenvalue weighted by atomic mass is 127. The number of hydrogen-bond acceptors (Lipinski definition) is 4. The van der Waals surface area contributed by atoms with Crippen LogP contribution in [-0.4, -0.2) is 5.91 Å². The van der Waals surface area contributed by atoms with Gasteiger partial charge in [-0.25, -0.2) is 0 Å². The summed E-state index contributed by atoms with van der Waals surface area (Å²) in [7, 11) is 0. The lowest BCUT2D eigenvalue weighted by atomic mass is 10.2. The van der Waals surface area contributed by atoms with Gasteiger partial charge in [0.2, 0.25) is 0 Å². The van der Waals surface area contributed by atoms with E-state index in [-0.39, 0.29) is 12.1 Å². The van der Waals surface area contributed by atoms with Crippen molar-refractivity contribution in [3.05, 3.63) is 51.4 Å². The van der Waals surface area contributed by atoms with E-state index in [9.17, 15) is 4.79 Å². The zero-order valence-electron chi connectivity index (χ0n) is 9.72. The van der Waals surface area contributed by atoms with E-state index in [1.54, 1.807) is 24.3 Å². The molecule has 2 heterocycles. The summed E-state index contributed by atoms with van der Waals surface area (Å²) >= 11 is 2.01. The third-order valence-electron chi connectivity index (χ3n) is 2.25. The van der Waals surface area contributed by atoms with Crippen LogP contribution in [0.3, 0.4) is 0 Å². The van der Waals surface area contributed by atoms with Crippen LogP contribution >= 0.6 is 22.6 Å². The van der Waals surface area contributed by atoms with Gasteiger partial charge in [-0.05, 0) is 46.9 Å². The molecule has 0 fully saturated rings. The van der Waals surface area contributed by atoms with Gasteiger partial charge in [-0.1, -0.05) is 0 Å². The number of nitrogens with one attached hydrogen (secondary N) is 1. The summed E-state index contributed by atoms with van der Waals surface area (Å²) in [6, 6.07) is 8.76. The quantitative estimate of drug-likeness (QED) is 0.511. The van der Waals surface area contributed by atoms with Crippen LogP contribution in [0.5, 0.6) is 0 Å². The summed E-state index contributed by atoms with van der Waals surface area (Å²) in [5.74, 6) is 0.623. The molecular weight excluding hydrogens is 359 g/mol. The van der Waals surface area contributed by atoms with Crippen LogP contribution in [0.2, 0.25) is 0 Å². The number of furan rings is 2. The molecule has 0 aliphatic carbocycles. The zero-order valence-corrected chi connectivity index (χ0v) is 11.9. The van der Waals surface area contributed by atoms with Crippen molar-refractivity contribution in [1.82, 2.24) is 5.32 Å². The molecule has 0 spiro atoms. The molecule has 0 radical (unpaired) electrons. The maximum Gasteiger partial charge on any atom is 0.262 e. The Morgan fingerprint density at radius 2 is 2.32 bits per heavy atom. The average Bonchev–Trinajstić information content (AvgIpc) is 3.04. The van der Waals surface area contributed by atoms with E-state index >= 15 is 0 Å². The third-order valence-corrected chi connectivity index (χ3v) is 2.83. The molecule has 2 aromatic rings. The minimum atomic E-state index is -0.467. The Bertz CT molecular complexity index is 635. The summed E-state index contributed by atoms with van der Waals surface area (Å²) in [5, 5.41) is 11.6. The standard InChI is InChI=1S/C13H9IN2O3/c14-12-4-3-10(19-12)6-9(7-15)13(17)16-8-11-2-1-5-18-11/h1-6H,8H2,(H,16,17)/b9-6+. The maximum atomic E-state index is 11.8. The molecule has 2 aromatic heterocycles. The van der Waals surface area contributed by atoms with Crippen molar-refractivity contribution in [2.45, 2.75) is 6.54 Å².